The van der Waals surface area contributed by atoms with E-state index >= 15 is 0 Å². The molecule has 1 heterocycles. The summed E-state index contributed by atoms with van der Waals surface area (Å²) in [5.74, 6) is -4.13. The number of aliphatic hydroxyl groups is 2. The molecule has 12 heteroatoms. The Kier molecular flexibility index (Phi) is 8.46. The van der Waals surface area contributed by atoms with E-state index in [2.05, 4.69) is 13.8 Å². The highest BCUT2D eigenvalue weighted by molar-refractivity contribution is 5.96. The van der Waals surface area contributed by atoms with Crippen molar-refractivity contribution in [2.45, 2.75) is 130 Å². The molecule has 0 aromatic heterocycles. The molecule has 294 valence electrons. The van der Waals surface area contributed by atoms with E-state index in [0.717, 1.165) is 5.57 Å². The summed E-state index contributed by atoms with van der Waals surface area (Å²) >= 11 is 0. The number of carbonyl (C=O) groups excluding carboxylic acids is 5. The molecule has 1 aliphatic heterocycles. The summed E-state index contributed by atoms with van der Waals surface area (Å²) in [7, 11) is 1.47. The fraction of sp³-hybridized carbons (Fsp3) is 0.690. The largest absolute Gasteiger partial charge is 0.493 e. The molecule has 5 aliphatic carbocycles. The van der Waals surface area contributed by atoms with Gasteiger partial charge in [-0.25, -0.2) is 4.79 Å². The van der Waals surface area contributed by atoms with Crippen molar-refractivity contribution in [3.63, 3.8) is 0 Å². The second-order valence-electron chi connectivity index (χ2n) is 18.4. The lowest BCUT2D eigenvalue weighted by molar-refractivity contribution is -0.381. The Labute approximate surface area is 316 Å². The Balaban J connectivity index is 1.54. The highest BCUT2D eigenvalue weighted by Gasteiger charge is 2.92. The van der Waals surface area contributed by atoms with Gasteiger partial charge in [0.25, 0.3) is 0 Å². The van der Waals surface area contributed by atoms with Gasteiger partial charge in [0.05, 0.1) is 28.9 Å². The first-order chi connectivity index (χ1) is 25.0. The molecule has 54 heavy (non-hydrogen) atoms. The second kappa shape index (κ2) is 11.9. The Bertz CT molecular complexity index is 1850. The first-order valence-electron chi connectivity index (χ1n) is 19.1. The molecular weight excluding hydrogens is 696 g/mol. The van der Waals surface area contributed by atoms with Crippen LogP contribution < -0.4 is 0 Å². The minimum absolute atomic E-state index is 0.0106. The van der Waals surface area contributed by atoms with Gasteiger partial charge in [0.15, 0.2) is 11.5 Å². The third-order valence-corrected chi connectivity index (χ3v) is 15.7. The molecule has 1 aromatic carbocycles. The van der Waals surface area contributed by atoms with Crippen molar-refractivity contribution in [3.8, 4) is 0 Å². The molecule has 7 rings (SSSR count). The summed E-state index contributed by atoms with van der Waals surface area (Å²) in [6, 6.07) is 8.22. The number of fused-ring (bicyclic) bond motifs is 5. The predicted molar refractivity (Wildman–Crippen MR) is 191 cm³/mol. The van der Waals surface area contributed by atoms with E-state index in [1.807, 2.05) is 13.8 Å². The molecule has 2 spiro atoms. The minimum atomic E-state index is -2.19. The summed E-state index contributed by atoms with van der Waals surface area (Å²) in [5.41, 5.74) is -9.02. The van der Waals surface area contributed by atoms with Crippen molar-refractivity contribution in [1.29, 1.82) is 0 Å². The maximum atomic E-state index is 14.5. The van der Waals surface area contributed by atoms with Gasteiger partial charge >= 0.3 is 23.9 Å². The number of Topliss-reactive ketones (excluding diaryl/α,β-unsaturated/α-hetero) is 1. The molecule has 0 radical (unpaired) electrons. The van der Waals surface area contributed by atoms with Crippen LogP contribution in [0, 0.1) is 44.8 Å². The number of hydrogen-bond acceptors (Lipinski definition) is 12. The molecule has 4 saturated carbocycles. The second-order valence-corrected chi connectivity index (χ2v) is 18.4. The maximum absolute atomic E-state index is 14.5. The maximum Gasteiger partial charge on any atom is 0.338 e. The van der Waals surface area contributed by atoms with Crippen molar-refractivity contribution in [2.75, 3.05) is 7.11 Å². The number of hydrogen-bond donors (Lipinski definition) is 2. The van der Waals surface area contributed by atoms with Crippen LogP contribution >= 0.6 is 0 Å². The first kappa shape index (κ1) is 38.5. The zero-order valence-corrected chi connectivity index (χ0v) is 32.9. The fourth-order valence-electron chi connectivity index (χ4n) is 13.9. The number of benzene rings is 1. The van der Waals surface area contributed by atoms with Gasteiger partial charge in [-0.2, -0.15) is 0 Å². The number of ketones is 1. The van der Waals surface area contributed by atoms with Gasteiger partial charge in [-0.1, -0.05) is 39.0 Å². The van der Waals surface area contributed by atoms with Crippen LogP contribution in [0.4, 0.5) is 0 Å². The van der Waals surface area contributed by atoms with Gasteiger partial charge in [-0.3, -0.25) is 19.2 Å². The van der Waals surface area contributed by atoms with Gasteiger partial charge in [0.2, 0.25) is 0 Å². The van der Waals surface area contributed by atoms with Gasteiger partial charge in [-0.15, -0.1) is 0 Å². The smallest absolute Gasteiger partial charge is 0.338 e. The fourth-order valence-corrected chi connectivity index (χ4v) is 13.9. The van der Waals surface area contributed by atoms with Gasteiger partial charge in [0, 0.05) is 39.0 Å². The molecular formula is C42H54O12. The number of esters is 4. The molecule has 5 fully saturated rings. The van der Waals surface area contributed by atoms with Crippen LogP contribution in [0.3, 0.4) is 0 Å². The van der Waals surface area contributed by atoms with Crippen LogP contribution in [-0.2, 0) is 42.9 Å². The number of methoxy groups -OCH3 is 1. The van der Waals surface area contributed by atoms with E-state index in [-0.39, 0.29) is 48.7 Å². The zero-order valence-electron chi connectivity index (χ0n) is 32.9. The number of carbonyl (C=O) groups is 5. The third kappa shape index (κ3) is 4.46. The van der Waals surface area contributed by atoms with E-state index in [0.29, 0.717) is 6.42 Å². The van der Waals surface area contributed by atoms with Crippen LogP contribution in [0.2, 0.25) is 0 Å². The van der Waals surface area contributed by atoms with Crippen LogP contribution in [0.1, 0.15) is 105 Å². The van der Waals surface area contributed by atoms with Crippen LogP contribution in [0.15, 0.2) is 41.7 Å². The Hall–Kier alpha value is -3.77. The lowest BCUT2D eigenvalue weighted by Crippen LogP contribution is -2.86. The summed E-state index contributed by atoms with van der Waals surface area (Å²) in [4.78, 5) is 68.4. The predicted octanol–water partition coefficient (Wildman–Crippen LogP) is 4.87. The minimum Gasteiger partial charge on any atom is -0.493 e. The number of ether oxygens (including phenoxy) is 5. The van der Waals surface area contributed by atoms with Crippen molar-refractivity contribution < 1.29 is 57.9 Å². The third-order valence-electron chi connectivity index (χ3n) is 15.7. The van der Waals surface area contributed by atoms with Crippen molar-refractivity contribution in [3.05, 3.63) is 47.2 Å². The average Bonchev–Trinajstić information content (AvgIpc) is 3.48. The van der Waals surface area contributed by atoms with E-state index in [9.17, 15) is 34.2 Å². The molecule has 12 nitrogen and oxygen atoms in total. The van der Waals surface area contributed by atoms with Gasteiger partial charge in [0.1, 0.15) is 35.6 Å². The number of aliphatic hydroxyl groups excluding tert-OH is 1. The van der Waals surface area contributed by atoms with Crippen LogP contribution in [-0.4, -0.2) is 82.6 Å². The normalized spacial score (nSPS) is 47.6. The van der Waals surface area contributed by atoms with Crippen molar-refractivity contribution in [2.24, 2.45) is 44.8 Å². The van der Waals surface area contributed by atoms with Crippen molar-refractivity contribution in [1.82, 2.24) is 0 Å². The SMILES string of the molecule is COC1=C(C)[C@@]2(C)C[C@@H](OC(C)=O)[C@H]3[C@@](C)(C[C@H](C)[C@]34[C@@]35C[C@@](C)(C[C@H](OC(C)=O)[C@]3(C)[C@@H](OC(=O)c3ccccc3)[C@@H](O)[C@]4(C)O)C(=O)O5)[C@@H]2CC1=O. The summed E-state index contributed by atoms with van der Waals surface area (Å²) < 4.78 is 31.3. The van der Waals surface area contributed by atoms with E-state index < -0.39 is 98.4 Å². The molecule has 2 bridgehead atoms. The summed E-state index contributed by atoms with van der Waals surface area (Å²) in [6.07, 6.45) is -4.57. The first-order valence-corrected chi connectivity index (χ1v) is 19.1. The molecule has 0 unspecified atom stereocenters. The topological polar surface area (TPSA) is 172 Å². The molecule has 1 saturated heterocycles. The Morgan fingerprint density at radius 1 is 0.907 bits per heavy atom. The lowest BCUT2D eigenvalue weighted by atomic mass is 9.33. The zero-order chi connectivity index (χ0) is 39.8. The molecule has 1 aromatic rings. The van der Waals surface area contributed by atoms with E-state index in [1.54, 1.807) is 44.2 Å². The van der Waals surface area contributed by atoms with E-state index in [4.69, 9.17) is 23.7 Å². The highest BCUT2D eigenvalue weighted by atomic mass is 16.6. The van der Waals surface area contributed by atoms with Crippen LogP contribution in [0.25, 0.3) is 0 Å². The Morgan fingerprint density at radius 3 is 2.13 bits per heavy atom. The molecule has 0 amide bonds. The number of rotatable bonds is 5. The summed E-state index contributed by atoms with van der Waals surface area (Å²) in [5, 5.41) is 26.3. The highest BCUT2D eigenvalue weighted by Crippen LogP contribution is 2.83. The van der Waals surface area contributed by atoms with E-state index in [1.165, 1.54) is 27.9 Å². The van der Waals surface area contributed by atoms with Gasteiger partial charge < -0.3 is 33.9 Å². The molecule has 2 N–H and O–H groups in total. The molecule has 6 aliphatic rings. The Morgan fingerprint density at radius 2 is 1.54 bits per heavy atom. The summed E-state index contributed by atoms with van der Waals surface area (Å²) in [6.45, 7) is 15.5. The quantitative estimate of drug-likeness (QED) is 0.310. The van der Waals surface area contributed by atoms with Gasteiger partial charge in [-0.05, 0) is 80.9 Å². The molecule has 14 atom stereocenters. The standard InChI is InChI=1S/C42H54O12/c1-21-17-38(7)28-16-26(45)30(50-10)22(2)37(28,6)18-27(51-23(3)43)31(38)42(21)40(9,49)32(46)33(53-34(47)25-14-12-11-13-15-25)39(8)29(52-24(4)44)19-36(5)20-41(39,42)54-35(36)48/h11-15,21,27-29,31-33,46,49H,16-20H2,1-10H3/t21-,27+,28+,29-,31-,32+,33-,36+,37+,38-,39+,40-,41+,42-/m0/s1. The van der Waals surface area contributed by atoms with Crippen molar-refractivity contribution >= 4 is 29.7 Å². The monoisotopic (exact) mass is 750 g/mol. The average molecular weight is 751 g/mol. The lowest BCUT2D eigenvalue weighted by Gasteiger charge is -2.73. The number of allylic oxidation sites excluding steroid dienone is 2. The van der Waals surface area contributed by atoms with Crippen LogP contribution in [0.5, 0.6) is 0 Å².